The number of rotatable bonds is 1. The van der Waals surface area contributed by atoms with Crippen LogP contribution in [0.5, 0.6) is 0 Å². The van der Waals surface area contributed by atoms with Gasteiger partial charge in [0.25, 0.3) is 0 Å². The van der Waals surface area contributed by atoms with Gasteiger partial charge >= 0.3 is 0 Å². The summed E-state index contributed by atoms with van der Waals surface area (Å²) < 4.78 is 0. The molecule has 2 saturated heterocycles. The van der Waals surface area contributed by atoms with Gasteiger partial charge in [-0.15, -0.1) is 0 Å². The topological polar surface area (TPSA) is 40.6 Å². The monoisotopic (exact) mass is 222 g/mol. The van der Waals surface area contributed by atoms with Crippen LogP contribution < -0.4 is 0 Å². The lowest BCUT2D eigenvalue weighted by atomic mass is 9.76. The van der Waals surface area contributed by atoms with E-state index in [1.165, 1.54) is 6.42 Å². The van der Waals surface area contributed by atoms with E-state index in [0.29, 0.717) is 6.54 Å². The first kappa shape index (κ1) is 10.1. The quantitative estimate of drug-likeness (QED) is 0.657. The van der Waals surface area contributed by atoms with Crippen LogP contribution in [0.1, 0.15) is 39.0 Å². The molecule has 0 N–H and O–H groups in total. The minimum Gasteiger partial charge on any atom is -0.329 e. The van der Waals surface area contributed by atoms with Crippen molar-refractivity contribution in [2.75, 3.05) is 13.1 Å². The number of amides is 2. The Hall–Kier alpha value is -1.06. The van der Waals surface area contributed by atoms with Gasteiger partial charge in [0.1, 0.15) is 12.6 Å². The van der Waals surface area contributed by atoms with Gasteiger partial charge in [0.2, 0.25) is 11.8 Å². The van der Waals surface area contributed by atoms with Crippen LogP contribution in [0.3, 0.4) is 0 Å². The van der Waals surface area contributed by atoms with Crippen molar-refractivity contribution in [1.82, 2.24) is 9.80 Å². The summed E-state index contributed by atoms with van der Waals surface area (Å²) in [6, 6.07) is -0.140. The Labute approximate surface area is 95.6 Å². The highest BCUT2D eigenvalue weighted by Gasteiger charge is 2.49. The van der Waals surface area contributed by atoms with E-state index in [2.05, 4.69) is 6.92 Å². The summed E-state index contributed by atoms with van der Waals surface area (Å²) in [6.07, 6.45) is 5.13. The van der Waals surface area contributed by atoms with Crippen LogP contribution in [0.25, 0.3) is 0 Å². The average molecular weight is 222 g/mol. The minimum atomic E-state index is -0.140. The second kappa shape index (κ2) is 3.22. The van der Waals surface area contributed by atoms with Crippen molar-refractivity contribution in [2.24, 2.45) is 0 Å². The Morgan fingerprint density at radius 1 is 1.25 bits per heavy atom. The van der Waals surface area contributed by atoms with Gasteiger partial charge in [0.15, 0.2) is 0 Å². The molecule has 0 spiro atoms. The second-order valence-electron chi connectivity index (χ2n) is 5.52. The van der Waals surface area contributed by atoms with Gasteiger partial charge < -0.3 is 9.80 Å². The Kier molecular flexibility index (Phi) is 2.03. The van der Waals surface area contributed by atoms with Crippen LogP contribution in [-0.2, 0) is 9.59 Å². The maximum atomic E-state index is 12.3. The summed E-state index contributed by atoms with van der Waals surface area (Å²) >= 11 is 0. The molecule has 0 bridgehead atoms. The highest BCUT2D eigenvalue weighted by Crippen LogP contribution is 2.39. The molecule has 1 atom stereocenters. The summed E-state index contributed by atoms with van der Waals surface area (Å²) in [5, 5.41) is 0. The molecule has 0 aromatic heterocycles. The third-order valence-electron chi connectivity index (χ3n) is 4.50. The van der Waals surface area contributed by atoms with Crippen LogP contribution in [0.15, 0.2) is 0 Å². The molecule has 1 unspecified atom stereocenters. The molecule has 16 heavy (non-hydrogen) atoms. The largest absolute Gasteiger partial charge is 0.329 e. The van der Waals surface area contributed by atoms with Gasteiger partial charge in [-0.25, -0.2) is 0 Å². The van der Waals surface area contributed by atoms with Crippen LogP contribution >= 0.6 is 0 Å². The predicted octanol–water partition coefficient (Wildman–Crippen LogP) is 0.762. The van der Waals surface area contributed by atoms with Gasteiger partial charge in [-0.05, 0) is 39.0 Å². The lowest BCUT2D eigenvalue weighted by Crippen LogP contribution is -2.65. The molecule has 1 saturated carbocycles. The summed E-state index contributed by atoms with van der Waals surface area (Å²) in [7, 11) is 0. The van der Waals surface area contributed by atoms with Crippen LogP contribution in [0.2, 0.25) is 0 Å². The fourth-order valence-electron chi connectivity index (χ4n) is 3.22. The highest BCUT2D eigenvalue weighted by molar-refractivity contribution is 5.95. The molecule has 4 nitrogen and oxygen atoms in total. The first-order valence-corrected chi connectivity index (χ1v) is 6.23. The van der Waals surface area contributed by atoms with Gasteiger partial charge in [0.05, 0.1) is 0 Å². The first-order chi connectivity index (χ1) is 7.62. The zero-order chi connectivity index (χ0) is 11.3. The van der Waals surface area contributed by atoms with Gasteiger partial charge in [0, 0.05) is 12.1 Å². The van der Waals surface area contributed by atoms with E-state index in [0.717, 1.165) is 32.2 Å². The van der Waals surface area contributed by atoms with E-state index < -0.39 is 0 Å². The average Bonchev–Trinajstić information content (AvgIpc) is 2.69. The molecule has 3 aliphatic rings. The third-order valence-corrected chi connectivity index (χ3v) is 4.50. The van der Waals surface area contributed by atoms with E-state index >= 15 is 0 Å². The van der Waals surface area contributed by atoms with E-state index in [-0.39, 0.29) is 23.4 Å². The number of carbonyl (C=O) groups is 2. The third kappa shape index (κ3) is 1.22. The normalized spacial score (nSPS) is 32.7. The summed E-state index contributed by atoms with van der Waals surface area (Å²) in [5.41, 5.74) is -0.0264. The van der Waals surface area contributed by atoms with Crippen LogP contribution in [0.4, 0.5) is 0 Å². The van der Waals surface area contributed by atoms with Gasteiger partial charge in [-0.3, -0.25) is 9.59 Å². The van der Waals surface area contributed by atoms with E-state index in [9.17, 15) is 9.59 Å². The van der Waals surface area contributed by atoms with Gasteiger partial charge in [-0.1, -0.05) is 0 Å². The molecule has 88 valence electrons. The van der Waals surface area contributed by atoms with Crippen molar-refractivity contribution in [2.45, 2.75) is 50.6 Å². The number of fused-ring (bicyclic) bond motifs is 1. The molecule has 1 aliphatic carbocycles. The molecule has 0 aromatic rings. The number of hydrogen-bond acceptors (Lipinski definition) is 2. The Bertz CT molecular complexity index is 349. The summed E-state index contributed by atoms with van der Waals surface area (Å²) in [5.74, 6) is 0.342. The smallest absolute Gasteiger partial charge is 0.246 e. The fourth-order valence-corrected chi connectivity index (χ4v) is 3.22. The minimum absolute atomic E-state index is 0.0264. The van der Waals surface area contributed by atoms with Crippen molar-refractivity contribution in [1.29, 1.82) is 0 Å². The summed E-state index contributed by atoms with van der Waals surface area (Å²) in [6.45, 7) is 3.21. The predicted molar refractivity (Wildman–Crippen MR) is 58.7 cm³/mol. The van der Waals surface area contributed by atoms with Crippen LogP contribution in [0, 0.1) is 0 Å². The van der Waals surface area contributed by atoms with E-state index in [1.54, 1.807) is 4.90 Å². The SMILES string of the molecule is CC1(N2CC(=O)N3CCCC3C2=O)CCC1. The zero-order valence-electron chi connectivity index (χ0n) is 9.74. The molecular weight excluding hydrogens is 204 g/mol. The number of hydrogen-bond donors (Lipinski definition) is 0. The number of nitrogens with zero attached hydrogens (tertiary/aromatic N) is 2. The second-order valence-corrected chi connectivity index (χ2v) is 5.52. The van der Waals surface area contributed by atoms with Crippen LogP contribution in [-0.4, -0.2) is 46.3 Å². The van der Waals surface area contributed by atoms with Crippen molar-refractivity contribution in [3.05, 3.63) is 0 Å². The number of carbonyl (C=O) groups excluding carboxylic acids is 2. The molecule has 0 radical (unpaired) electrons. The maximum Gasteiger partial charge on any atom is 0.246 e. The standard InChI is InChI=1S/C12H18N2O2/c1-12(5-3-6-12)14-8-10(15)13-7-2-4-9(13)11(14)16/h9H,2-8H2,1H3. The zero-order valence-corrected chi connectivity index (χ0v) is 9.74. The van der Waals surface area contributed by atoms with Crippen molar-refractivity contribution in [3.8, 4) is 0 Å². The molecule has 4 heteroatoms. The van der Waals surface area contributed by atoms with Crippen molar-refractivity contribution < 1.29 is 9.59 Å². The molecule has 3 fully saturated rings. The van der Waals surface area contributed by atoms with Crippen molar-refractivity contribution in [3.63, 3.8) is 0 Å². The highest BCUT2D eigenvalue weighted by atomic mass is 16.2. The molecular formula is C12H18N2O2. The van der Waals surface area contributed by atoms with E-state index in [1.807, 2.05) is 4.90 Å². The Balaban J connectivity index is 1.86. The number of piperazine rings is 1. The molecule has 2 heterocycles. The Morgan fingerprint density at radius 2 is 2.00 bits per heavy atom. The lowest BCUT2D eigenvalue weighted by Gasteiger charge is -2.51. The lowest BCUT2D eigenvalue weighted by molar-refractivity contribution is -0.162. The van der Waals surface area contributed by atoms with Crippen molar-refractivity contribution >= 4 is 11.8 Å². The van der Waals surface area contributed by atoms with Gasteiger partial charge in [-0.2, -0.15) is 0 Å². The maximum absolute atomic E-state index is 12.3. The molecule has 3 rings (SSSR count). The van der Waals surface area contributed by atoms with E-state index in [4.69, 9.17) is 0 Å². The molecule has 0 aromatic carbocycles. The fraction of sp³-hybridized carbons (Fsp3) is 0.833. The summed E-state index contributed by atoms with van der Waals surface area (Å²) in [4.78, 5) is 27.9. The molecule has 2 aliphatic heterocycles. The molecule has 2 amide bonds. The Morgan fingerprint density at radius 3 is 2.62 bits per heavy atom. The first-order valence-electron chi connectivity index (χ1n) is 6.23.